The third-order valence-electron chi connectivity index (χ3n) is 13.2. The Hall–Kier alpha value is -8.67. The van der Waals surface area contributed by atoms with Gasteiger partial charge in [-0.25, -0.2) is 27.8 Å². The monoisotopic (exact) mass is 1110 g/mol. The minimum atomic E-state index is -4.39. The Bertz CT molecular complexity index is 3650. The molecule has 2 amide bonds. The molecule has 0 radical (unpaired) electrons. The van der Waals surface area contributed by atoms with E-state index < -0.39 is 61.8 Å². The fraction of sp³-hybridized carbons (Fsp3) is 0.304. The van der Waals surface area contributed by atoms with Crippen molar-refractivity contribution < 1.29 is 64.1 Å². The lowest BCUT2D eigenvalue weighted by Gasteiger charge is -2.16. The second-order valence-corrected chi connectivity index (χ2v) is 19.3. The summed E-state index contributed by atoms with van der Waals surface area (Å²) in [6.07, 6.45) is -5.51. The number of aliphatic hydroxyl groups is 1. The summed E-state index contributed by atoms with van der Waals surface area (Å²) in [5.41, 5.74) is 5.57. The van der Waals surface area contributed by atoms with Crippen LogP contribution in [-0.2, 0) is 0 Å². The van der Waals surface area contributed by atoms with E-state index in [1.54, 1.807) is 50.2 Å². The lowest BCUT2D eigenvalue weighted by atomic mass is 10.0. The van der Waals surface area contributed by atoms with E-state index in [0.717, 1.165) is 43.4 Å². The van der Waals surface area contributed by atoms with Gasteiger partial charge in [0.05, 0.1) is 67.9 Å². The van der Waals surface area contributed by atoms with Gasteiger partial charge in [0, 0.05) is 53.0 Å². The summed E-state index contributed by atoms with van der Waals surface area (Å²) in [5, 5.41) is 31.4. The third kappa shape index (κ3) is 13.1. The number of aromatic nitrogens is 6. The van der Waals surface area contributed by atoms with Crippen molar-refractivity contribution in [3.63, 3.8) is 0 Å². The van der Waals surface area contributed by atoms with Gasteiger partial charge in [-0.15, -0.1) is 0 Å². The van der Waals surface area contributed by atoms with Gasteiger partial charge in [-0.05, 0) is 123 Å². The van der Waals surface area contributed by atoms with Gasteiger partial charge in [-0.1, -0.05) is 18.2 Å². The van der Waals surface area contributed by atoms with Crippen LogP contribution in [0.15, 0.2) is 97.3 Å². The van der Waals surface area contributed by atoms with Gasteiger partial charge in [-0.2, -0.15) is 36.5 Å². The van der Waals surface area contributed by atoms with Crippen molar-refractivity contribution in [2.24, 2.45) is 0 Å². The molecule has 0 aliphatic heterocycles. The maximum absolute atomic E-state index is 14.4. The number of rotatable bonds is 18. The normalized spacial score (nSPS) is 13.8. The van der Waals surface area contributed by atoms with Gasteiger partial charge in [0.25, 0.3) is 11.8 Å². The van der Waals surface area contributed by atoms with Gasteiger partial charge < -0.3 is 35.8 Å². The van der Waals surface area contributed by atoms with Crippen LogP contribution in [-0.4, -0.2) is 104 Å². The predicted octanol–water partition coefficient (Wildman–Crippen LogP) is 10.5. The van der Waals surface area contributed by atoms with Crippen molar-refractivity contribution in [1.82, 2.24) is 39.8 Å². The molecule has 2 aliphatic carbocycles. The number of ketones is 1. The highest BCUT2D eigenvalue weighted by molar-refractivity contribution is 6.08. The Morgan fingerprint density at radius 3 is 1.56 bits per heavy atom. The number of methoxy groups -OCH3 is 2. The number of halogens is 8. The highest BCUT2D eigenvalue weighted by Gasteiger charge is 2.30. The Kier molecular flexibility index (Phi) is 16.1. The van der Waals surface area contributed by atoms with Crippen molar-refractivity contribution in [3.8, 4) is 34.0 Å². The lowest BCUT2D eigenvalue weighted by molar-refractivity contribution is -0.132. The first-order valence-electron chi connectivity index (χ1n) is 25.2. The van der Waals surface area contributed by atoms with Crippen molar-refractivity contribution in [3.05, 3.63) is 154 Å². The van der Waals surface area contributed by atoms with Crippen LogP contribution in [0.25, 0.3) is 33.8 Å². The third-order valence-corrected chi connectivity index (χ3v) is 13.2. The Labute approximate surface area is 451 Å². The smallest absolute Gasteiger partial charge is 0.390 e. The van der Waals surface area contributed by atoms with E-state index in [0.29, 0.717) is 39.2 Å². The lowest BCUT2D eigenvalue weighted by Crippen LogP contribution is -2.26. The van der Waals surface area contributed by atoms with Gasteiger partial charge in [-0.3, -0.25) is 14.4 Å². The van der Waals surface area contributed by atoms with Crippen LogP contribution in [0.4, 0.5) is 46.5 Å². The number of hydrogen-bond donors (Lipinski definition) is 5. The molecule has 4 aromatic carbocycles. The quantitative estimate of drug-likeness (QED) is 0.0403. The zero-order valence-corrected chi connectivity index (χ0v) is 43.3. The number of nitrogens with zero attached hydrogens (tertiary/aromatic N) is 6. The molecule has 16 nitrogen and oxygen atoms in total. The first-order chi connectivity index (χ1) is 38.1. The number of ether oxygens (including phenoxy) is 2. The topological polar surface area (TPSA) is 198 Å². The molecular weight excluding hydrogens is 1060 g/mol. The molecule has 0 spiro atoms. The number of anilines is 2. The van der Waals surface area contributed by atoms with Crippen molar-refractivity contribution >= 4 is 40.3 Å². The summed E-state index contributed by atoms with van der Waals surface area (Å²) in [6.45, 7) is 2.71. The summed E-state index contributed by atoms with van der Waals surface area (Å²) in [6, 6.07) is 21.1. The van der Waals surface area contributed by atoms with E-state index in [1.165, 1.54) is 72.0 Å². The Balaban J connectivity index is 0.000000194. The molecule has 24 heteroatoms. The first-order valence-corrected chi connectivity index (χ1v) is 25.2. The molecule has 2 saturated carbocycles. The second-order valence-electron chi connectivity index (χ2n) is 19.3. The summed E-state index contributed by atoms with van der Waals surface area (Å²) in [5.74, 6) is -2.46. The molecule has 4 aromatic heterocycles. The number of amides is 2. The number of imidazole rings is 2. The zero-order chi connectivity index (χ0) is 57.2. The fourth-order valence-corrected chi connectivity index (χ4v) is 8.65. The second kappa shape index (κ2) is 23.0. The SMILES string of the molecule is COc1ccc(C(=O)c2cc(NCCC(F)(F)F)c3ncc(-c4ccc(C(=O)NC5CC5)c(C)c4)n3n2)cc1F.COc1ccc(C(O)c2cc(NCCC(F)(F)F)c3ncc(-c4ccc(C(=O)NC5CC5)c(C)c4)n3n2)cc1F. The minimum Gasteiger partial charge on any atom is -0.494 e. The molecule has 8 aromatic rings. The standard InChI is InChI=1S/C28H27F4N5O3.C28H25F4N5O3/c2*1-15-11-16(3-7-19(15)27(39)35-18-5-6-18)23-14-34-26-22(33-10-9-28(30,31)32)13-21(36-37(23)26)25(38)17-4-8-24(40-2)20(29)12-17/h3-4,7-8,11-14,18,25,33,38H,5-6,9-10H2,1-2H3,(H,35,39);3-4,7-8,11-14,18,33H,5-6,9-10H2,1-2H3,(H,35,39). The van der Waals surface area contributed by atoms with Gasteiger partial charge in [0.2, 0.25) is 5.78 Å². The van der Waals surface area contributed by atoms with Crippen LogP contribution in [0, 0.1) is 25.5 Å². The average molecular weight is 1110 g/mol. The number of hydrogen-bond acceptors (Lipinski definition) is 12. The van der Waals surface area contributed by atoms with Crippen molar-refractivity contribution in [2.75, 3.05) is 37.9 Å². The van der Waals surface area contributed by atoms with Crippen LogP contribution >= 0.6 is 0 Å². The molecule has 5 N–H and O–H groups in total. The molecule has 0 bridgehead atoms. The van der Waals surface area contributed by atoms with E-state index in [1.807, 2.05) is 0 Å². The van der Waals surface area contributed by atoms with E-state index in [-0.39, 0.29) is 80.6 Å². The molecule has 0 saturated heterocycles. The fourth-order valence-electron chi connectivity index (χ4n) is 8.65. The van der Waals surface area contributed by atoms with Crippen molar-refractivity contribution in [2.45, 2.75) is 82.9 Å². The average Bonchev–Trinajstić information content (AvgIpc) is 4.36. The molecule has 1 atom stereocenters. The van der Waals surface area contributed by atoms with Gasteiger partial charge >= 0.3 is 12.4 Å². The maximum atomic E-state index is 14.4. The number of fused-ring (bicyclic) bond motifs is 2. The maximum Gasteiger partial charge on any atom is 0.390 e. The molecular formula is C56H52F8N10O6. The zero-order valence-electron chi connectivity index (χ0n) is 43.3. The summed E-state index contributed by atoms with van der Waals surface area (Å²) >= 11 is 0. The summed E-state index contributed by atoms with van der Waals surface area (Å²) in [7, 11) is 2.61. The Morgan fingerprint density at radius 2 is 1.11 bits per heavy atom. The van der Waals surface area contributed by atoms with Crippen LogP contribution in [0.3, 0.4) is 0 Å². The highest BCUT2D eigenvalue weighted by Crippen LogP contribution is 2.34. The summed E-state index contributed by atoms with van der Waals surface area (Å²) < 4.78 is 118. The number of carbonyl (C=O) groups is 3. The van der Waals surface area contributed by atoms with Crippen LogP contribution < -0.4 is 30.7 Å². The molecule has 4 heterocycles. The van der Waals surface area contributed by atoms with Crippen LogP contribution in [0.5, 0.6) is 11.5 Å². The number of aliphatic hydroxyl groups excluding tert-OH is 1. The molecule has 2 fully saturated rings. The Morgan fingerprint density at radius 1 is 0.637 bits per heavy atom. The number of carbonyl (C=O) groups excluding carboxylic acids is 3. The number of alkyl halides is 6. The predicted molar refractivity (Wildman–Crippen MR) is 279 cm³/mol. The summed E-state index contributed by atoms with van der Waals surface area (Å²) in [4.78, 5) is 47.2. The number of nitrogens with one attached hydrogen (secondary N) is 4. The first kappa shape index (κ1) is 56.1. The van der Waals surface area contributed by atoms with E-state index in [4.69, 9.17) is 9.47 Å². The van der Waals surface area contributed by atoms with E-state index >= 15 is 0 Å². The molecule has 80 heavy (non-hydrogen) atoms. The molecule has 2 aliphatic rings. The highest BCUT2D eigenvalue weighted by atomic mass is 19.4. The molecule has 10 rings (SSSR count). The van der Waals surface area contributed by atoms with E-state index in [2.05, 4.69) is 41.4 Å². The van der Waals surface area contributed by atoms with Crippen LogP contribution in [0.2, 0.25) is 0 Å². The number of aryl methyl sites for hydroxylation is 2. The van der Waals surface area contributed by atoms with Gasteiger partial charge in [0.15, 0.2) is 34.4 Å². The number of benzene rings is 4. The van der Waals surface area contributed by atoms with Gasteiger partial charge in [0.1, 0.15) is 11.8 Å². The van der Waals surface area contributed by atoms with Crippen molar-refractivity contribution in [1.29, 1.82) is 0 Å². The largest absolute Gasteiger partial charge is 0.494 e. The van der Waals surface area contributed by atoms with E-state index in [9.17, 15) is 54.6 Å². The molecule has 1 unspecified atom stereocenters. The molecule has 418 valence electrons. The van der Waals surface area contributed by atoms with Crippen LogP contribution in [0.1, 0.15) is 104 Å². The minimum absolute atomic E-state index is 0.00427.